The fourth-order valence-electron chi connectivity index (χ4n) is 2.21. The van der Waals surface area contributed by atoms with Gasteiger partial charge >= 0.3 is 5.97 Å². The number of hydrogen-bond donors (Lipinski definition) is 0. The highest BCUT2D eigenvalue weighted by molar-refractivity contribution is 9.10. The van der Waals surface area contributed by atoms with Crippen molar-refractivity contribution in [3.63, 3.8) is 0 Å². The summed E-state index contributed by atoms with van der Waals surface area (Å²) in [6.45, 7) is 3.52. The van der Waals surface area contributed by atoms with Gasteiger partial charge in [0.2, 0.25) is 5.78 Å². The van der Waals surface area contributed by atoms with Gasteiger partial charge in [0.1, 0.15) is 11.5 Å². The maximum absolute atomic E-state index is 12.4. The lowest BCUT2D eigenvalue weighted by Gasteiger charge is -2.07. The molecular weight excluding hydrogens is 372 g/mol. The molecule has 0 unspecified atom stereocenters. The molecule has 122 valence electrons. The monoisotopic (exact) mass is 386 g/mol. The SMILES string of the molecule is CC(C)C(=O)Oc1ccc2c(c1)OC(=Cc1cccc(Br)c1)C2=O. The Morgan fingerprint density at radius 3 is 2.71 bits per heavy atom. The van der Waals surface area contributed by atoms with Crippen molar-refractivity contribution < 1.29 is 19.1 Å². The average Bonchev–Trinajstić information content (AvgIpc) is 2.83. The summed E-state index contributed by atoms with van der Waals surface area (Å²) in [7, 11) is 0. The number of carbonyl (C=O) groups is 2. The van der Waals surface area contributed by atoms with E-state index in [0.717, 1.165) is 10.0 Å². The van der Waals surface area contributed by atoms with Crippen LogP contribution in [-0.2, 0) is 4.79 Å². The van der Waals surface area contributed by atoms with Crippen molar-refractivity contribution in [1.29, 1.82) is 0 Å². The van der Waals surface area contributed by atoms with E-state index in [1.54, 1.807) is 38.1 Å². The smallest absolute Gasteiger partial charge is 0.313 e. The minimum Gasteiger partial charge on any atom is -0.452 e. The fourth-order valence-corrected chi connectivity index (χ4v) is 2.63. The standard InChI is InChI=1S/C19H15BrO4/c1-11(2)19(22)23-14-6-7-15-16(10-14)24-17(18(15)21)9-12-4-3-5-13(20)8-12/h3-11H,1-2H3. The molecule has 2 aromatic carbocycles. The number of hydrogen-bond acceptors (Lipinski definition) is 4. The molecule has 5 heteroatoms. The second kappa shape index (κ2) is 6.61. The summed E-state index contributed by atoms with van der Waals surface area (Å²) in [5.74, 6) is 0.262. The number of ketones is 1. The molecule has 0 atom stereocenters. The Balaban J connectivity index is 1.86. The van der Waals surface area contributed by atoms with Crippen LogP contribution in [0.15, 0.2) is 52.7 Å². The van der Waals surface area contributed by atoms with Gasteiger partial charge in [-0.05, 0) is 35.9 Å². The summed E-state index contributed by atoms with van der Waals surface area (Å²) < 4.78 is 11.8. The van der Waals surface area contributed by atoms with E-state index in [4.69, 9.17) is 9.47 Å². The van der Waals surface area contributed by atoms with Gasteiger partial charge in [-0.1, -0.05) is 41.9 Å². The minimum absolute atomic E-state index is 0.188. The van der Waals surface area contributed by atoms with Gasteiger partial charge in [-0.15, -0.1) is 0 Å². The van der Waals surface area contributed by atoms with Gasteiger partial charge in [0, 0.05) is 10.5 Å². The zero-order valence-corrected chi connectivity index (χ0v) is 14.8. The summed E-state index contributed by atoms with van der Waals surface area (Å²) >= 11 is 3.40. The maximum atomic E-state index is 12.4. The minimum atomic E-state index is -0.329. The molecule has 0 amide bonds. The lowest BCUT2D eigenvalue weighted by molar-refractivity contribution is -0.137. The van der Waals surface area contributed by atoms with Gasteiger partial charge in [0.25, 0.3) is 0 Å². The molecule has 1 aliphatic heterocycles. The Hall–Kier alpha value is -2.40. The first kappa shape index (κ1) is 16.5. The van der Waals surface area contributed by atoms with E-state index in [0.29, 0.717) is 17.1 Å². The molecule has 0 radical (unpaired) electrons. The highest BCUT2D eigenvalue weighted by Crippen LogP contribution is 2.35. The van der Waals surface area contributed by atoms with E-state index in [1.807, 2.05) is 24.3 Å². The third-order valence-corrected chi connectivity index (χ3v) is 3.97. The van der Waals surface area contributed by atoms with E-state index >= 15 is 0 Å². The largest absolute Gasteiger partial charge is 0.452 e. The van der Waals surface area contributed by atoms with Crippen molar-refractivity contribution in [2.45, 2.75) is 13.8 Å². The molecule has 0 saturated carbocycles. The van der Waals surface area contributed by atoms with Crippen LogP contribution in [0.3, 0.4) is 0 Å². The number of benzene rings is 2. The molecular formula is C19H15BrO4. The number of ether oxygens (including phenoxy) is 2. The molecule has 2 aromatic rings. The predicted molar refractivity (Wildman–Crippen MR) is 94.0 cm³/mol. The first-order valence-corrected chi connectivity index (χ1v) is 8.29. The van der Waals surface area contributed by atoms with E-state index in [1.165, 1.54) is 0 Å². The first-order valence-electron chi connectivity index (χ1n) is 7.49. The highest BCUT2D eigenvalue weighted by atomic mass is 79.9. The molecule has 0 aromatic heterocycles. The van der Waals surface area contributed by atoms with Crippen molar-refractivity contribution in [3.05, 3.63) is 63.8 Å². The molecule has 1 heterocycles. The number of halogens is 1. The molecule has 0 bridgehead atoms. The van der Waals surface area contributed by atoms with Crippen LogP contribution in [0.25, 0.3) is 6.08 Å². The Morgan fingerprint density at radius 1 is 1.21 bits per heavy atom. The molecule has 3 rings (SSSR count). The first-order chi connectivity index (χ1) is 11.4. The van der Waals surface area contributed by atoms with Gasteiger partial charge < -0.3 is 9.47 Å². The number of fused-ring (bicyclic) bond motifs is 1. The van der Waals surface area contributed by atoms with E-state index < -0.39 is 0 Å². The Morgan fingerprint density at radius 2 is 2.00 bits per heavy atom. The second-order valence-corrected chi connectivity index (χ2v) is 6.64. The number of rotatable bonds is 3. The van der Waals surface area contributed by atoms with Crippen LogP contribution in [0.5, 0.6) is 11.5 Å². The summed E-state index contributed by atoms with van der Waals surface area (Å²) in [6, 6.07) is 12.3. The van der Waals surface area contributed by atoms with E-state index in [-0.39, 0.29) is 23.4 Å². The lowest BCUT2D eigenvalue weighted by Crippen LogP contribution is -2.14. The van der Waals surface area contributed by atoms with E-state index in [9.17, 15) is 9.59 Å². The maximum Gasteiger partial charge on any atom is 0.313 e. The van der Waals surface area contributed by atoms with E-state index in [2.05, 4.69) is 15.9 Å². The number of esters is 1. The Bertz CT molecular complexity index is 852. The number of allylic oxidation sites excluding steroid dienone is 1. The average molecular weight is 387 g/mol. The van der Waals surface area contributed by atoms with Crippen molar-refractivity contribution in [2.24, 2.45) is 5.92 Å². The molecule has 0 spiro atoms. The zero-order valence-electron chi connectivity index (χ0n) is 13.2. The van der Waals surface area contributed by atoms with Crippen molar-refractivity contribution in [3.8, 4) is 11.5 Å². The fraction of sp³-hybridized carbons (Fsp3) is 0.158. The summed E-state index contributed by atoms with van der Waals surface area (Å²) in [5.41, 5.74) is 1.31. The van der Waals surface area contributed by atoms with Crippen LogP contribution >= 0.6 is 15.9 Å². The molecule has 1 aliphatic rings. The molecule has 0 aliphatic carbocycles. The third kappa shape index (κ3) is 3.41. The Kier molecular flexibility index (Phi) is 4.53. The van der Waals surface area contributed by atoms with Crippen LogP contribution < -0.4 is 9.47 Å². The lowest BCUT2D eigenvalue weighted by atomic mass is 10.1. The van der Waals surface area contributed by atoms with Gasteiger partial charge in [0.15, 0.2) is 5.76 Å². The van der Waals surface area contributed by atoms with Gasteiger partial charge in [-0.2, -0.15) is 0 Å². The quantitative estimate of drug-likeness (QED) is 0.438. The van der Waals surface area contributed by atoms with Crippen LogP contribution in [0, 0.1) is 5.92 Å². The summed E-state index contributed by atoms with van der Waals surface area (Å²) in [5, 5.41) is 0. The number of carbonyl (C=O) groups excluding carboxylic acids is 2. The van der Waals surface area contributed by atoms with Crippen LogP contribution in [0.1, 0.15) is 29.8 Å². The summed E-state index contributed by atoms with van der Waals surface area (Å²) in [6.07, 6.45) is 1.69. The van der Waals surface area contributed by atoms with Gasteiger partial charge in [0.05, 0.1) is 11.5 Å². The third-order valence-electron chi connectivity index (χ3n) is 3.48. The molecule has 4 nitrogen and oxygen atoms in total. The van der Waals surface area contributed by atoms with Crippen molar-refractivity contribution in [1.82, 2.24) is 0 Å². The van der Waals surface area contributed by atoms with Crippen LogP contribution in [0.4, 0.5) is 0 Å². The number of Topliss-reactive ketones (excluding diaryl/α,β-unsaturated/α-hetero) is 1. The zero-order chi connectivity index (χ0) is 17.3. The normalized spacial score (nSPS) is 14.7. The van der Waals surface area contributed by atoms with Crippen molar-refractivity contribution in [2.75, 3.05) is 0 Å². The van der Waals surface area contributed by atoms with Crippen molar-refractivity contribution >= 4 is 33.8 Å². The van der Waals surface area contributed by atoms with Gasteiger partial charge in [-0.25, -0.2) is 0 Å². The topological polar surface area (TPSA) is 52.6 Å². The molecule has 24 heavy (non-hydrogen) atoms. The second-order valence-electron chi connectivity index (χ2n) is 5.73. The Labute approximate surface area is 148 Å². The van der Waals surface area contributed by atoms with Gasteiger partial charge in [-0.3, -0.25) is 9.59 Å². The van der Waals surface area contributed by atoms with Crippen LogP contribution in [0.2, 0.25) is 0 Å². The molecule has 0 fully saturated rings. The molecule has 0 N–H and O–H groups in total. The highest BCUT2D eigenvalue weighted by Gasteiger charge is 2.28. The molecule has 0 saturated heterocycles. The van der Waals surface area contributed by atoms with Crippen LogP contribution in [-0.4, -0.2) is 11.8 Å². The predicted octanol–water partition coefficient (Wildman–Crippen LogP) is 4.63. The summed E-state index contributed by atoms with van der Waals surface area (Å²) in [4.78, 5) is 24.1.